The van der Waals surface area contributed by atoms with E-state index in [1.54, 1.807) is 0 Å². The highest BCUT2D eigenvalue weighted by atomic mass is 35.5. The van der Waals surface area contributed by atoms with Gasteiger partial charge in [-0.15, -0.1) is 10.2 Å². The van der Waals surface area contributed by atoms with Gasteiger partial charge in [-0.05, 0) is 38.0 Å². The first-order chi connectivity index (χ1) is 16.1. The number of hydrogen-bond acceptors (Lipinski definition) is 6. The number of aromatic hydroxyl groups is 1. The minimum absolute atomic E-state index is 0.0256. The van der Waals surface area contributed by atoms with Crippen LogP contribution in [-0.2, 0) is 11.3 Å². The molecule has 2 fully saturated rings. The maximum absolute atomic E-state index is 14.3. The third kappa shape index (κ3) is 3.41. The lowest BCUT2D eigenvalue weighted by molar-refractivity contribution is -0.130. The summed E-state index contributed by atoms with van der Waals surface area (Å²) >= 11 is 7.10. The van der Waals surface area contributed by atoms with Crippen molar-refractivity contribution in [2.75, 3.05) is 0 Å². The third-order valence-corrected chi connectivity index (χ3v) is 7.48. The molecule has 12 heteroatoms. The predicted octanol–water partition coefficient (Wildman–Crippen LogP) is 5.04. The van der Waals surface area contributed by atoms with Gasteiger partial charge in [0.2, 0.25) is 0 Å². The van der Waals surface area contributed by atoms with Crippen molar-refractivity contribution in [3.05, 3.63) is 63.4 Å². The molecule has 1 atom stereocenters. The second kappa shape index (κ2) is 7.95. The van der Waals surface area contributed by atoms with Crippen molar-refractivity contribution in [3.8, 4) is 16.3 Å². The van der Waals surface area contributed by atoms with Gasteiger partial charge in [-0.1, -0.05) is 29.0 Å². The first-order valence-electron chi connectivity index (χ1n) is 10.2. The summed E-state index contributed by atoms with van der Waals surface area (Å²) in [5, 5.41) is 18.3. The minimum Gasteiger partial charge on any atom is -0.504 e. The lowest BCUT2D eigenvalue weighted by atomic mass is 10.1. The van der Waals surface area contributed by atoms with E-state index >= 15 is 0 Å². The molecule has 2 heterocycles. The third-order valence-electron chi connectivity index (χ3n) is 6.15. The molecule has 1 saturated heterocycles. The molecule has 0 radical (unpaired) electrons. The number of urea groups is 1. The number of phenolic OH excluding ortho intramolecular Hbond substituents is 1. The maximum Gasteiger partial charge on any atom is 0.328 e. The Labute approximate surface area is 200 Å². The van der Waals surface area contributed by atoms with Crippen molar-refractivity contribution in [3.63, 3.8) is 0 Å². The second-order valence-corrected chi connectivity index (χ2v) is 9.62. The van der Waals surface area contributed by atoms with Crippen LogP contribution >= 0.6 is 22.9 Å². The van der Waals surface area contributed by atoms with Crippen molar-refractivity contribution >= 4 is 34.9 Å². The van der Waals surface area contributed by atoms with Crippen LogP contribution in [0.5, 0.6) is 5.75 Å². The van der Waals surface area contributed by atoms with Crippen LogP contribution in [-0.4, -0.2) is 42.6 Å². The zero-order chi connectivity index (χ0) is 24.4. The van der Waals surface area contributed by atoms with Crippen molar-refractivity contribution in [2.45, 2.75) is 37.9 Å². The van der Waals surface area contributed by atoms with E-state index in [0.717, 1.165) is 28.4 Å². The van der Waals surface area contributed by atoms with Gasteiger partial charge in [0.05, 0.1) is 17.6 Å². The summed E-state index contributed by atoms with van der Waals surface area (Å²) in [4.78, 5) is 28.9. The molecule has 1 aliphatic heterocycles. The van der Waals surface area contributed by atoms with E-state index in [-0.39, 0.29) is 22.7 Å². The summed E-state index contributed by atoms with van der Waals surface area (Å²) in [5.41, 5.74) is -0.722. The lowest BCUT2D eigenvalue weighted by Crippen LogP contribution is -2.36. The number of carbonyl (C=O) groups is 2. The standard InChI is InChI=1S/C22H16ClF3N4O3S/c1-10(12-3-2-11(24)8-15(12)26)30-20(32)22(6-7-22)29(21(30)33)9-16-27-28-19(34-16)13-4-5-14(25)18(31)17(13)23/h2-5,8,10,31H,6-7,9H2,1H3/t10-/m0/s1. The topological polar surface area (TPSA) is 86.6 Å². The molecule has 0 unspecified atom stereocenters. The average Bonchev–Trinajstić information content (AvgIpc) is 3.42. The van der Waals surface area contributed by atoms with Crippen molar-refractivity contribution in [2.24, 2.45) is 0 Å². The van der Waals surface area contributed by atoms with E-state index in [0.29, 0.717) is 28.9 Å². The molecule has 1 spiro atoms. The quantitative estimate of drug-likeness (QED) is 0.488. The molecule has 5 rings (SSSR count). The van der Waals surface area contributed by atoms with Gasteiger partial charge in [0.15, 0.2) is 11.6 Å². The normalized spacial score (nSPS) is 17.7. The highest BCUT2D eigenvalue weighted by molar-refractivity contribution is 7.14. The van der Waals surface area contributed by atoms with Crippen molar-refractivity contribution < 1.29 is 27.9 Å². The van der Waals surface area contributed by atoms with Crippen LogP contribution in [0.2, 0.25) is 5.02 Å². The zero-order valence-corrected chi connectivity index (χ0v) is 19.1. The monoisotopic (exact) mass is 508 g/mol. The van der Waals surface area contributed by atoms with E-state index in [2.05, 4.69) is 10.2 Å². The van der Waals surface area contributed by atoms with Crippen LogP contribution in [0.15, 0.2) is 30.3 Å². The number of rotatable bonds is 5. The summed E-state index contributed by atoms with van der Waals surface area (Å²) in [6.07, 6.45) is 0.909. The molecule has 3 amide bonds. The molecule has 1 aliphatic carbocycles. The summed E-state index contributed by atoms with van der Waals surface area (Å²) in [6, 6.07) is 3.87. The Bertz CT molecular complexity index is 1350. The van der Waals surface area contributed by atoms with E-state index < -0.39 is 46.7 Å². The number of hydrogen-bond donors (Lipinski definition) is 1. The van der Waals surface area contributed by atoms with Gasteiger partial charge in [0.25, 0.3) is 5.91 Å². The summed E-state index contributed by atoms with van der Waals surface area (Å²) in [5.74, 6) is -3.61. The highest BCUT2D eigenvalue weighted by Gasteiger charge is 2.65. The zero-order valence-electron chi connectivity index (χ0n) is 17.6. The first-order valence-corrected chi connectivity index (χ1v) is 11.4. The number of phenols is 1. The van der Waals surface area contributed by atoms with Gasteiger partial charge in [-0.3, -0.25) is 9.69 Å². The Kier molecular flexibility index (Phi) is 5.28. The van der Waals surface area contributed by atoms with Crippen LogP contribution in [0.1, 0.15) is 36.4 Å². The van der Waals surface area contributed by atoms with E-state index in [4.69, 9.17) is 11.6 Å². The fourth-order valence-corrected chi connectivity index (χ4v) is 5.31. The van der Waals surface area contributed by atoms with E-state index in [1.165, 1.54) is 24.0 Å². The molecule has 176 valence electrons. The largest absolute Gasteiger partial charge is 0.504 e. The van der Waals surface area contributed by atoms with Gasteiger partial charge in [0.1, 0.15) is 27.2 Å². The van der Waals surface area contributed by atoms with Crippen molar-refractivity contribution in [1.82, 2.24) is 20.0 Å². The van der Waals surface area contributed by atoms with E-state index in [1.807, 2.05) is 0 Å². The summed E-state index contributed by atoms with van der Waals surface area (Å²) in [7, 11) is 0. The fourth-order valence-electron chi connectivity index (χ4n) is 4.15. The number of carbonyl (C=O) groups excluding carboxylic acids is 2. The summed E-state index contributed by atoms with van der Waals surface area (Å²) < 4.78 is 41.2. The number of nitrogens with zero attached hydrogens (tertiary/aromatic N) is 4. The molecule has 1 aromatic heterocycles. The van der Waals surface area contributed by atoms with Gasteiger partial charge >= 0.3 is 6.03 Å². The molecular formula is C22H16ClF3N4O3S. The Morgan fingerprint density at radius 1 is 1.15 bits per heavy atom. The first kappa shape index (κ1) is 22.6. The lowest BCUT2D eigenvalue weighted by Gasteiger charge is -2.23. The molecule has 3 aromatic rings. The molecule has 7 nitrogen and oxygen atoms in total. The predicted molar refractivity (Wildman–Crippen MR) is 117 cm³/mol. The average molecular weight is 509 g/mol. The fraction of sp³-hybridized carbons (Fsp3) is 0.273. The number of halogens is 4. The number of amides is 3. The SMILES string of the molecule is C[C@@H](c1ccc(F)cc1F)N1C(=O)N(Cc2nnc(-c3ccc(F)c(O)c3Cl)s2)C2(CC2)C1=O. The second-order valence-electron chi connectivity index (χ2n) is 8.18. The van der Waals surface area contributed by atoms with Gasteiger partial charge in [-0.25, -0.2) is 18.0 Å². The van der Waals surface area contributed by atoms with Gasteiger partial charge < -0.3 is 10.0 Å². The maximum atomic E-state index is 14.3. The van der Waals surface area contributed by atoms with Crippen LogP contribution in [0.3, 0.4) is 0 Å². The van der Waals surface area contributed by atoms with Crippen LogP contribution in [0, 0.1) is 17.5 Å². The number of benzene rings is 2. The molecule has 1 saturated carbocycles. The van der Waals surface area contributed by atoms with Crippen molar-refractivity contribution in [1.29, 1.82) is 0 Å². The Morgan fingerprint density at radius 3 is 2.56 bits per heavy atom. The van der Waals surface area contributed by atoms with Crippen LogP contribution in [0.4, 0.5) is 18.0 Å². The van der Waals surface area contributed by atoms with Gasteiger partial charge in [-0.2, -0.15) is 0 Å². The molecular weight excluding hydrogens is 493 g/mol. The smallest absolute Gasteiger partial charge is 0.328 e. The Hall–Kier alpha value is -3.18. The molecule has 0 bridgehead atoms. The minimum atomic E-state index is -1.03. The molecule has 2 aromatic carbocycles. The Balaban J connectivity index is 1.42. The molecule has 1 N–H and O–H groups in total. The summed E-state index contributed by atoms with van der Waals surface area (Å²) in [6.45, 7) is 1.49. The van der Waals surface area contributed by atoms with Crippen LogP contribution < -0.4 is 0 Å². The van der Waals surface area contributed by atoms with Crippen LogP contribution in [0.25, 0.3) is 10.6 Å². The Morgan fingerprint density at radius 2 is 1.88 bits per heavy atom. The van der Waals surface area contributed by atoms with E-state index in [9.17, 15) is 27.9 Å². The number of aromatic nitrogens is 2. The molecule has 34 heavy (non-hydrogen) atoms. The number of imide groups is 1. The van der Waals surface area contributed by atoms with Gasteiger partial charge in [0, 0.05) is 17.2 Å². The molecule has 2 aliphatic rings. The highest BCUT2D eigenvalue weighted by Crippen LogP contribution is 2.51.